The van der Waals surface area contributed by atoms with Crippen LogP contribution in [0.5, 0.6) is 5.75 Å². The fourth-order valence-corrected chi connectivity index (χ4v) is 1.80. The molecule has 0 aliphatic carbocycles. The second-order valence-electron chi connectivity index (χ2n) is 3.89. The van der Waals surface area contributed by atoms with E-state index < -0.39 is 6.09 Å². The van der Waals surface area contributed by atoms with E-state index in [1.54, 1.807) is 42.5 Å². The van der Waals surface area contributed by atoms with E-state index >= 15 is 0 Å². The number of para-hydroxylation sites is 1. The quantitative estimate of drug-likeness (QED) is 0.851. The molecule has 2 aromatic carbocycles. The van der Waals surface area contributed by atoms with E-state index in [1.807, 2.05) is 6.07 Å². The molecule has 0 spiro atoms. The predicted octanol–water partition coefficient (Wildman–Crippen LogP) is 3.59. The third-order valence-corrected chi connectivity index (χ3v) is 3.01. The van der Waals surface area contributed by atoms with Crippen LogP contribution in [-0.2, 0) is 0 Å². The smallest absolute Gasteiger partial charge is 0.410 e. The zero-order valence-electron chi connectivity index (χ0n) is 10.3. The lowest BCUT2D eigenvalue weighted by Gasteiger charge is -2.09. The molecule has 102 valence electrons. The molecule has 2 rings (SSSR count). The lowest BCUT2D eigenvalue weighted by molar-refractivity contribution is 0.215. The summed E-state index contributed by atoms with van der Waals surface area (Å²) in [7, 11) is 0. The Morgan fingerprint density at radius 1 is 1.20 bits per heavy atom. The summed E-state index contributed by atoms with van der Waals surface area (Å²) in [6.07, 6.45) is -0.641. The van der Waals surface area contributed by atoms with Gasteiger partial charge in [-0.2, -0.15) is 0 Å². The standard InChI is InChI=1S/C14H11ClN2O2S/c15-11-7-6-9(13(16)20)8-12(11)17-14(18)19-10-4-2-1-3-5-10/h1-8H,(H2,16,20)(H,17,18). The SMILES string of the molecule is NC(=S)c1ccc(Cl)c(NC(=O)Oc2ccccc2)c1. The second-order valence-corrected chi connectivity index (χ2v) is 4.73. The number of thiocarbonyl (C=S) groups is 1. The summed E-state index contributed by atoms with van der Waals surface area (Å²) in [6, 6.07) is 13.6. The van der Waals surface area contributed by atoms with Gasteiger partial charge >= 0.3 is 6.09 Å². The first-order valence-electron chi connectivity index (χ1n) is 5.69. The largest absolute Gasteiger partial charge is 0.417 e. The summed E-state index contributed by atoms with van der Waals surface area (Å²) in [5.74, 6) is 0.437. The van der Waals surface area contributed by atoms with Gasteiger partial charge in [-0.25, -0.2) is 4.79 Å². The lowest BCUT2D eigenvalue weighted by atomic mass is 10.2. The minimum absolute atomic E-state index is 0.223. The number of nitrogens with two attached hydrogens (primary N) is 1. The highest BCUT2D eigenvalue weighted by atomic mass is 35.5. The molecule has 0 aliphatic rings. The van der Waals surface area contributed by atoms with Crippen LogP contribution in [0.15, 0.2) is 48.5 Å². The number of carbonyl (C=O) groups is 1. The summed E-state index contributed by atoms with van der Waals surface area (Å²) in [6.45, 7) is 0. The molecule has 0 unspecified atom stereocenters. The van der Waals surface area contributed by atoms with Crippen LogP contribution in [0, 0.1) is 0 Å². The van der Waals surface area contributed by atoms with Crippen molar-refractivity contribution < 1.29 is 9.53 Å². The molecule has 0 saturated heterocycles. The summed E-state index contributed by atoms with van der Waals surface area (Å²) in [4.78, 5) is 12.0. The molecule has 0 bridgehead atoms. The maximum Gasteiger partial charge on any atom is 0.417 e. The topological polar surface area (TPSA) is 64.3 Å². The number of anilines is 1. The van der Waals surface area contributed by atoms with Crippen molar-refractivity contribution >= 4 is 40.6 Å². The molecular weight excluding hydrogens is 296 g/mol. The van der Waals surface area contributed by atoms with Crippen molar-refractivity contribution in [1.82, 2.24) is 0 Å². The Balaban J connectivity index is 2.11. The molecule has 0 radical (unpaired) electrons. The molecule has 1 amide bonds. The number of hydrogen-bond acceptors (Lipinski definition) is 3. The van der Waals surface area contributed by atoms with Gasteiger partial charge in [-0.15, -0.1) is 0 Å². The van der Waals surface area contributed by atoms with Crippen molar-refractivity contribution in [2.45, 2.75) is 0 Å². The molecule has 20 heavy (non-hydrogen) atoms. The van der Waals surface area contributed by atoms with E-state index in [4.69, 9.17) is 34.3 Å². The van der Waals surface area contributed by atoms with E-state index in [0.29, 0.717) is 22.0 Å². The Kier molecular flexibility index (Phi) is 4.55. The van der Waals surface area contributed by atoms with Crippen LogP contribution >= 0.6 is 23.8 Å². The zero-order valence-corrected chi connectivity index (χ0v) is 11.9. The maximum atomic E-state index is 11.8. The van der Waals surface area contributed by atoms with Crippen molar-refractivity contribution in [2.75, 3.05) is 5.32 Å². The van der Waals surface area contributed by atoms with E-state index in [-0.39, 0.29) is 4.99 Å². The number of rotatable bonds is 3. The van der Waals surface area contributed by atoms with Crippen molar-refractivity contribution in [3.8, 4) is 5.75 Å². The van der Waals surface area contributed by atoms with E-state index in [1.165, 1.54) is 0 Å². The Morgan fingerprint density at radius 2 is 1.90 bits per heavy atom. The highest BCUT2D eigenvalue weighted by Gasteiger charge is 2.09. The maximum absolute atomic E-state index is 11.8. The van der Waals surface area contributed by atoms with Crippen LogP contribution in [0.2, 0.25) is 5.02 Å². The van der Waals surface area contributed by atoms with Gasteiger partial charge in [0.25, 0.3) is 0 Å². The highest BCUT2D eigenvalue weighted by molar-refractivity contribution is 7.80. The van der Waals surface area contributed by atoms with Gasteiger partial charge in [0.1, 0.15) is 10.7 Å². The number of ether oxygens (including phenoxy) is 1. The minimum Gasteiger partial charge on any atom is -0.410 e. The summed E-state index contributed by atoms with van der Waals surface area (Å²) >= 11 is 10.9. The molecular formula is C14H11ClN2O2S. The van der Waals surface area contributed by atoms with E-state index in [9.17, 15) is 4.79 Å². The fourth-order valence-electron chi connectivity index (χ4n) is 1.51. The third kappa shape index (κ3) is 3.69. The zero-order chi connectivity index (χ0) is 14.5. The molecule has 0 fully saturated rings. The van der Waals surface area contributed by atoms with Gasteiger partial charge in [0, 0.05) is 5.56 Å². The summed E-state index contributed by atoms with van der Waals surface area (Å²) in [5, 5.41) is 2.92. The Labute approximate surface area is 126 Å². The molecule has 0 saturated carbocycles. The van der Waals surface area contributed by atoms with Crippen molar-refractivity contribution in [1.29, 1.82) is 0 Å². The van der Waals surface area contributed by atoms with Gasteiger partial charge < -0.3 is 10.5 Å². The number of halogens is 1. The average Bonchev–Trinajstić information content (AvgIpc) is 2.42. The minimum atomic E-state index is -0.641. The summed E-state index contributed by atoms with van der Waals surface area (Å²) in [5.41, 5.74) is 6.53. The lowest BCUT2D eigenvalue weighted by Crippen LogP contribution is -2.18. The van der Waals surface area contributed by atoms with Crippen molar-refractivity contribution in [3.63, 3.8) is 0 Å². The van der Waals surface area contributed by atoms with Crippen LogP contribution in [0.1, 0.15) is 5.56 Å². The first kappa shape index (κ1) is 14.3. The Morgan fingerprint density at radius 3 is 2.55 bits per heavy atom. The molecule has 3 N–H and O–H groups in total. The second kappa shape index (κ2) is 6.36. The first-order valence-corrected chi connectivity index (χ1v) is 6.48. The molecule has 2 aromatic rings. The number of nitrogens with one attached hydrogen (secondary N) is 1. The Hall–Kier alpha value is -2.11. The van der Waals surface area contributed by atoms with Gasteiger partial charge in [0.2, 0.25) is 0 Å². The number of benzene rings is 2. The normalized spacial score (nSPS) is 9.85. The van der Waals surface area contributed by atoms with Crippen LogP contribution in [0.25, 0.3) is 0 Å². The molecule has 0 atom stereocenters. The molecule has 4 nitrogen and oxygen atoms in total. The highest BCUT2D eigenvalue weighted by Crippen LogP contribution is 2.23. The third-order valence-electron chi connectivity index (χ3n) is 2.44. The van der Waals surface area contributed by atoms with Crippen molar-refractivity contribution in [3.05, 3.63) is 59.1 Å². The fraction of sp³-hybridized carbons (Fsp3) is 0. The summed E-state index contributed by atoms with van der Waals surface area (Å²) < 4.78 is 5.10. The molecule has 0 aromatic heterocycles. The van der Waals surface area contributed by atoms with Crippen LogP contribution in [0.3, 0.4) is 0 Å². The molecule has 0 aliphatic heterocycles. The van der Waals surface area contributed by atoms with Crippen LogP contribution in [0.4, 0.5) is 10.5 Å². The van der Waals surface area contributed by atoms with E-state index in [2.05, 4.69) is 5.32 Å². The Bertz CT molecular complexity index is 647. The molecule has 0 heterocycles. The van der Waals surface area contributed by atoms with E-state index in [0.717, 1.165) is 0 Å². The van der Waals surface area contributed by atoms with Gasteiger partial charge in [-0.3, -0.25) is 5.32 Å². The number of carbonyl (C=O) groups excluding carboxylic acids is 1. The average molecular weight is 307 g/mol. The van der Waals surface area contributed by atoms with Gasteiger partial charge in [0.05, 0.1) is 10.7 Å². The number of hydrogen-bond donors (Lipinski definition) is 2. The van der Waals surface area contributed by atoms with Gasteiger partial charge in [-0.1, -0.05) is 48.1 Å². The predicted molar refractivity (Wildman–Crippen MR) is 83.4 cm³/mol. The first-order chi connectivity index (χ1) is 9.56. The van der Waals surface area contributed by atoms with Gasteiger partial charge in [-0.05, 0) is 24.3 Å². The van der Waals surface area contributed by atoms with Crippen molar-refractivity contribution in [2.24, 2.45) is 5.73 Å². The number of amides is 1. The van der Waals surface area contributed by atoms with Gasteiger partial charge in [0.15, 0.2) is 0 Å². The monoisotopic (exact) mass is 306 g/mol. The molecule has 6 heteroatoms. The van der Waals surface area contributed by atoms with Crippen LogP contribution in [-0.4, -0.2) is 11.1 Å². The van der Waals surface area contributed by atoms with Crippen LogP contribution < -0.4 is 15.8 Å².